The van der Waals surface area contributed by atoms with Crippen molar-refractivity contribution >= 4 is 15.5 Å². The van der Waals surface area contributed by atoms with Crippen molar-refractivity contribution in [2.75, 3.05) is 12.0 Å². The molecule has 0 bridgehead atoms. The maximum atomic E-state index is 11.3. The second-order valence-electron chi connectivity index (χ2n) is 4.33. The minimum atomic E-state index is -3.11. The Balaban J connectivity index is 2.18. The van der Waals surface area contributed by atoms with E-state index in [0.29, 0.717) is 4.90 Å². The van der Waals surface area contributed by atoms with E-state index in [-0.39, 0.29) is 0 Å². The van der Waals surface area contributed by atoms with Gasteiger partial charge < -0.3 is 5.73 Å². The zero-order valence-electron chi connectivity index (χ0n) is 10.1. The molecule has 0 radical (unpaired) electrons. The topological polar surface area (TPSA) is 60.2 Å². The van der Waals surface area contributed by atoms with Crippen molar-refractivity contribution in [3.05, 3.63) is 59.7 Å². The van der Waals surface area contributed by atoms with Gasteiger partial charge in [-0.25, -0.2) is 8.42 Å². The number of benzene rings is 2. The molecule has 2 aromatic carbocycles. The second-order valence-corrected chi connectivity index (χ2v) is 6.35. The normalized spacial score (nSPS) is 11.4. The minimum absolute atomic E-state index is 0.351. The largest absolute Gasteiger partial charge is 0.399 e. The Morgan fingerprint density at radius 3 is 1.78 bits per heavy atom. The first-order chi connectivity index (χ1) is 8.45. The van der Waals surface area contributed by atoms with E-state index in [0.717, 1.165) is 23.2 Å². The van der Waals surface area contributed by atoms with Crippen LogP contribution in [0.1, 0.15) is 11.1 Å². The third-order valence-electron chi connectivity index (χ3n) is 2.74. The lowest BCUT2D eigenvalue weighted by molar-refractivity contribution is 0.602. The van der Waals surface area contributed by atoms with Crippen LogP contribution >= 0.6 is 0 Å². The maximum Gasteiger partial charge on any atom is 0.175 e. The second kappa shape index (κ2) is 4.82. The molecule has 0 aliphatic heterocycles. The third-order valence-corrected chi connectivity index (χ3v) is 3.87. The van der Waals surface area contributed by atoms with Crippen LogP contribution in [0.2, 0.25) is 0 Å². The van der Waals surface area contributed by atoms with Crippen LogP contribution < -0.4 is 5.73 Å². The Morgan fingerprint density at radius 1 is 0.889 bits per heavy atom. The zero-order valence-corrected chi connectivity index (χ0v) is 10.9. The lowest BCUT2D eigenvalue weighted by Crippen LogP contribution is -1.97. The molecular formula is C14H15NO2S. The van der Waals surface area contributed by atoms with E-state index in [2.05, 4.69) is 0 Å². The summed E-state index contributed by atoms with van der Waals surface area (Å²) in [6.07, 6.45) is 1.98. The molecular weight excluding hydrogens is 246 g/mol. The summed E-state index contributed by atoms with van der Waals surface area (Å²) in [6.45, 7) is 0. The molecule has 0 aliphatic rings. The van der Waals surface area contributed by atoms with E-state index in [4.69, 9.17) is 5.73 Å². The minimum Gasteiger partial charge on any atom is -0.399 e. The fraction of sp³-hybridized carbons (Fsp3) is 0.143. The third kappa shape index (κ3) is 3.11. The quantitative estimate of drug-likeness (QED) is 0.862. The average Bonchev–Trinajstić information content (AvgIpc) is 2.32. The van der Waals surface area contributed by atoms with E-state index in [1.54, 1.807) is 12.1 Å². The van der Waals surface area contributed by atoms with Crippen molar-refractivity contribution in [1.29, 1.82) is 0 Å². The van der Waals surface area contributed by atoms with Crippen LogP contribution in [0.25, 0.3) is 0 Å². The number of rotatable bonds is 3. The van der Waals surface area contributed by atoms with Crippen LogP contribution in [-0.2, 0) is 16.3 Å². The summed E-state index contributed by atoms with van der Waals surface area (Å²) in [5, 5.41) is 0. The molecule has 18 heavy (non-hydrogen) atoms. The van der Waals surface area contributed by atoms with Crippen molar-refractivity contribution in [3.63, 3.8) is 0 Å². The SMILES string of the molecule is CS(=O)(=O)c1ccc(Cc2ccc(N)cc2)cc1. The first-order valence-electron chi connectivity index (χ1n) is 5.58. The van der Waals surface area contributed by atoms with Gasteiger partial charge in [0.25, 0.3) is 0 Å². The summed E-state index contributed by atoms with van der Waals surface area (Å²) in [4.78, 5) is 0.351. The molecule has 2 aromatic rings. The van der Waals surface area contributed by atoms with Gasteiger partial charge in [-0.3, -0.25) is 0 Å². The molecule has 0 atom stereocenters. The molecule has 2 rings (SSSR count). The van der Waals surface area contributed by atoms with Gasteiger partial charge in [-0.05, 0) is 41.8 Å². The molecule has 94 valence electrons. The average molecular weight is 261 g/mol. The van der Waals surface area contributed by atoms with Crippen LogP contribution in [0.15, 0.2) is 53.4 Å². The fourth-order valence-electron chi connectivity index (χ4n) is 1.73. The predicted octanol–water partition coefficient (Wildman–Crippen LogP) is 2.26. The summed E-state index contributed by atoms with van der Waals surface area (Å²) in [5.41, 5.74) is 8.59. The molecule has 4 heteroatoms. The van der Waals surface area contributed by atoms with Crippen LogP contribution in [0.5, 0.6) is 0 Å². The van der Waals surface area contributed by atoms with Gasteiger partial charge in [-0.2, -0.15) is 0 Å². The number of hydrogen-bond acceptors (Lipinski definition) is 3. The van der Waals surface area contributed by atoms with Crippen molar-refractivity contribution in [1.82, 2.24) is 0 Å². The van der Waals surface area contributed by atoms with Gasteiger partial charge in [0.05, 0.1) is 4.90 Å². The summed E-state index contributed by atoms with van der Waals surface area (Å²) in [7, 11) is -3.11. The Morgan fingerprint density at radius 2 is 1.33 bits per heavy atom. The summed E-state index contributed by atoms with van der Waals surface area (Å²) in [5.74, 6) is 0. The zero-order chi connectivity index (χ0) is 13.2. The highest BCUT2D eigenvalue weighted by Gasteiger charge is 2.06. The Labute approximate surface area is 107 Å². The van der Waals surface area contributed by atoms with Gasteiger partial charge >= 0.3 is 0 Å². The Bertz CT molecular complexity index is 628. The van der Waals surface area contributed by atoms with Gasteiger partial charge in [0.2, 0.25) is 0 Å². The summed E-state index contributed by atoms with van der Waals surface area (Å²) in [6, 6.07) is 14.6. The number of anilines is 1. The fourth-order valence-corrected chi connectivity index (χ4v) is 2.36. The smallest absolute Gasteiger partial charge is 0.175 e. The first-order valence-corrected chi connectivity index (χ1v) is 7.48. The standard InChI is InChI=1S/C14H15NO2S/c1-18(16,17)14-8-4-12(5-9-14)10-11-2-6-13(15)7-3-11/h2-9H,10,15H2,1H3. The lowest BCUT2D eigenvalue weighted by atomic mass is 10.1. The molecule has 0 unspecified atom stereocenters. The highest BCUT2D eigenvalue weighted by molar-refractivity contribution is 7.90. The number of nitrogens with two attached hydrogens (primary N) is 1. The molecule has 0 heterocycles. The molecule has 0 aliphatic carbocycles. The molecule has 0 fully saturated rings. The number of sulfone groups is 1. The molecule has 0 spiro atoms. The van der Waals surface area contributed by atoms with Crippen molar-refractivity contribution in [3.8, 4) is 0 Å². The van der Waals surface area contributed by atoms with Gasteiger partial charge in [-0.1, -0.05) is 24.3 Å². The van der Waals surface area contributed by atoms with Crippen LogP contribution in [0, 0.1) is 0 Å². The Hall–Kier alpha value is -1.81. The van der Waals surface area contributed by atoms with E-state index in [1.165, 1.54) is 6.26 Å². The molecule has 0 saturated carbocycles. The van der Waals surface area contributed by atoms with Crippen molar-refractivity contribution in [2.24, 2.45) is 0 Å². The molecule has 0 aromatic heterocycles. The molecule has 3 nitrogen and oxygen atoms in total. The van der Waals surface area contributed by atoms with Gasteiger partial charge in [0.15, 0.2) is 9.84 Å². The molecule has 0 amide bonds. The van der Waals surface area contributed by atoms with Crippen molar-refractivity contribution < 1.29 is 8.42 Å². The highest BCUT2D eigenvalue weighted by Crippen LogP contribution is 2.14. The lowest BCUT2D eigenvalue weighted by Gasteiger charge is -2.04. The van der Waals surface area contributed by atoms with E-state index in [9.17, 15) is 8.42 Å². The van der Waals surface area contributed by atoms with Gasteiger partial charge in [0, 0.05) is 11.9 Å². The van der Waals surface area contributed by atoms with Crippen LogP contribution in [0.3, 0.4) is 0 Å². The van der Waals surface area contributed by atoms with E-state index in [1.807, 2.05) is 36.4 Å². The maximum absolute atomic E-state index is 11.3. The molecule has 0 saturated heterocycles. The Kier molecular flexibility index (Phi) is 3.39. The monoisotopic (exact) mass is 261 g/mol. The predicted molar refractivity (Wildman–Crippen MR) is 73.2 cm³/mol. The van der Waals surface area contributed by atoms with E-state index >= 15 is 0 Å². The van der Waals surface area contributed by atoms with Crippen molar-refractivity contribution in [2.45, 2.75) is 11.3 Å². The van der Waals surface area contributed by atoms with Crippen LogP contribution in [-0.4, -0.2) is 14.7 Å². The number of nitrogen functional groups attached to an aromatic ring is 1. The van der Waals surface area contributed by atoms with E-state index < -0.39 is 9.84 Å². The number of hydrogen-bond donors (Lipinski definition) is 1. The first kappa shape index (κ1) is 12.6. The summed E-state index contributed by atoms with van der Waals surface area (Å²) < 4.78 is 22.7. The van der Waals surface area contributed by atoms with Gasteiger partial charge in [0.1, 0.15) is 0 Å². The molecule has 2 N–H and O–H groups in total. The van der Waals surface area contributed by atoms with Gasteiger partial charge in [-0.15, -0.1) is 0 Å². The summed E-state index contributed by atoms with van der Waals surface area (Å²) >= 11 is 0. The van der Waals surface area contributed by atoms with Crippen LogP contribution in [0.4, 0.5) is 5.69 Å². The highest BCUT2D eigenvalue weighted by atomic mass is 32.2.